The molecule has 0 amide bonds. The molecule has 0 aromatic heterocycles. The van der Waals surface area contributed by atoms with Crippen LogP contribution in [0.5, 0.6) is 0 Å². The fourth-order valence-corrected chi connectivity index (χ4v) is 2.77. The first-order chi connectivity index (χ1) is 7.85. The van der Waals surface area contributed by atoms with Crippen LogP contribution in [0, 0.1) is 5.92 Å². The summed E-state index contributed by atoms with van der Waals surface area (Å²) in [6, 6.07) is 6.79. The van der Waals surface area contributed by atoms with E-state index < -0.39 is 0 Å². The average molecular weight is 217 g/mol. The lowest BCUT2D eigenvalue weighted by Gasteiger charge is -2.27. The van der Waals surface area contributed by atoms with Gasteiger partial charge >= 0.3 is 0 Å². The Balaban J connectivity index is 2.17. The van der Waals surface area contributed by atoms with Crippen molar-refractivity contribution in [1.29, 1.82) is 0 Å². The Hall–Kier alpha value is -0.980. The van der Waals surface area contributed by atoms with E-state index in [0.29, 0.717) is 0 Å². The van der Waals surface area contributed by atoms with Crippen LogP contribution in [0.3, 0.4) is 0 Å². The van der Waals surface area contributed by atoms with Crippen molar-refractivity contribution in [3.63, 3.8) is 0 Å². The minimum Gasteiger partial charge on any atom is -0.384 e. The Bertz CT molecular complexity index is 343. The molecule has 1 aliphatic heterocycles. The number of anilines is 1. The molecule has 1 N–H and O–H groups in total. The van der Waals surface area contributed by atoms with Gasteiger partial charge in [-0.05, 0) is 36.3 Å². The summed E-state index contributed by atoms with van der Waals surface area (Å²) in [5.74, 6) is 0.842. The monoisotopic (exact) mass is 217 g/mol. The Labute approximate surface area is 99.3 Å². The van der Waals surface area contributed by atoms with Gasteiger partial charge in [0.25, 0.3) is 0 Å². The fourth-order valence-electron chi connectivity index (χ4n) is 2.77. The second-order valence-corrected chi connectivity index (χ2v) is 4.94. The second-order valence-electron chi connectivity index (χ2n) is 4.94. The zero-order valence-electron chi connectivity index (χ0n) is 10.6. The predicted octanol–water partition coefficient (Wildman–Crippen LogP) is 4.02. The summed E-state index contributed by atoms with van der Waals surface area (Å²) in [7, 11) is 0. The number of fused-ring (bicyclic) bond motifs is 1. The van der Waals surface area contributed by atoms with Gasteiger partial charge in [-0.15, -0.1) is 0 Å². The minimum absolute atomic E-state index is 0.842. The van der Waals surface area contributed by atoms with E-state index in [1.54, 1.807) is 0 Å². The largest absolute Gasteiger partial charge is 0.384 e. The number of benzene rings is 1. The molecule has 2 rings (SSSR count). The standard InChI is InChI=1S/C15H23N/c1-3-6-12-10-14-9-5-8-13(7-4-2)15(14)16-11-12/h5,8-9,12,16H,3-4,6-7,10-11H2,1-2H3. The smallest absolute Gasteiger partial charge is 0.0405 e. The molecule has 1 heterocycles. The highest BCUT2D eigenvalue weighted by molar-refractivity contribution is 5.59. The molecule has 0 saturated heterocycles. The molecule has 1 aliphatic rings. The molecular formula is C15H23N. The van der Waals surface area contributed by atoms with E-state index in [0.717, 1.165) is 5.92 Å². The quantitative estimate of drug-likeness (QED) is 0.803. The van der Waals surface area contributed by atoms with Crippen LogP contribution >= 0.6 is 0 Å². The van der Waals surface area contributed by atoms with Crippen LogP contribution in [0.15, 0.2) is 18.2 Å². The van der Waals surface area contributed by atoms with Crippen LogP contribution < -0.4 is 5.32 Å². The third-order valence-electron chi connectivity index (χ3n) is 3.53. The number of rotatable bonds is 4. The molecule has 16 heavy (non-hydrogen) atoms. The van der Waals surface area contributed by atoms with Gasteiger partial charge in [-0.25, -0.2) is 0 Å². The van der Waals surface area contributed by atoms with E-state index in [4.69, 9.17) is 0 Å². The molecule has 0 saturated carbocycles. The van der Waals surface area contributed by atoms with E-state index in [9.17, 15) is 0 Å². The van der Waals surface area contributed by atoms with Crippen LogP contribution in [0.25, 0.3) is 0 Å². The lowest BCUT2D eigenvalue weighted by molar-refractivity contribution is 0.489. The Morgan fingerprint density at radius 1 is 1.25 bits per heavy atom. The van der Waals surface area contributed by atoms with Gasteiger partial charge in [-0.3, -0.25) is 0 Å². The highest BCUT2D eigenvalue weighted by Gasteiger charge is 2.18. The van der Waals surface area contributed by atoms with E-state index in [2.05, 4.69) is 37.4 Å². The topological polar surface area (TPSA) is 12.0 Å². The molecule has 0 radical (unpaired) electrons. The zero-order chi connectivity index (χ0) is 11.4. The third-order valence-corrected chi connectivity index (χ3v) is 3.53. The van der Waals surface area contributed by atoms with Gasteiger partial charge in [0, 0.05) is 12.2 Å². The van der Waals surface area contributed by atoms with Crippen molar-refractivity contribution in [2.75, 3.05) is 11.9 Å². The van der Waals surface area contributed by atoms with Crippen molar-refractivity contribution >= 4 is 5.69 Å². The van der Waals surface area contributed by atoms with E-state index in [1.807, 2.05) is 0 Å². The summed E-state index contributed by atoms with van der Waals surface area (Å²) in [6.45, 7) is 5.70. The molecule has 1 atom stereocenters. The van der Waals surface area contributed by atoms with Crippen LogP contribution in [-0.4, -0.2) is 6.54 Å². The molecule has 88 valence electrons. The first-order valence-electron chi connectivity index (χ1n) is 6.69. The van der Waals surface area contributed by atoms with Crippen molar-refractivity contribution in [3.05, 3.63) is 29.3 Å². The third kappa shape index (κ3) is 2.40. The van der Waals surface area contributed by atoms with Gasteiger partial charge in [-0.2, -0.15) is 0 Å². The fraction of sp³-hybridized carbons (Fsp3) is 0.600. The number of aryl methyl sites for hydroxylation is 1. The van der Waals surface area contributed by atoms with Gasteiger partial charge in [0.2, 0.25) is 0 Å². The van der Waals surface area contributed by atoms with Crippen LogP contribution in [-0.2, 0) is 12.8 Å². The minimum atomic E-state index is 0.842. The summed E-state index contributed by atoms with van der Waals surface area (Å²) >= 11 is 0. The van der Waals surface area contributed by atoms with Crippen molar-refractivity contribution in [2.45, 2.75) is 46.0 Å². The molecular weight excluding hydrogens is 194 g/mol. The molecule has 0 spiro atoms. The Morgan fingerprint density at radius 3 is 2.88 bits per heavy atom. The van der Waals surface area contributed by atoms with Gasteiger partial charge in [0.15, 0.2) is 0 Å². The maximum atomic E-state index is 3.65. The van der Waals surface area contributed by atoms with Crippen molar-refractivity contribution in [2.24, 2.45) is 5.92 Å². The highest BCUT2D eigenvalue weighted by atomic mass is 14.9. The second kappa shape index (κ2) is 5.38. The molecule has 1 aromatic carbocycles. The van der Waals surface area contributed by atoms with Gasteiger partial charge < -0.3 is 5.32 Å². The van der Waals surface area contributed by atoms with E-state index >= 15 is 0 Å². The summed E-state index contributed by atoms with van der Waals surface area (Å²) in [5.41, 5.74) is 4.49. The van der Waals surface area contributed by atoms with Crippen LogP contribution in [0.2, 0.25) is 0 Å². The SMILES string of the molecule is CCCc1cccc2c1NCC(CCC)C2. The Kier molecular flexibility index (Phi) is 3.87. The van der Waals surface area contributed by atoms with Gasteiger partial charge in [-0.1, -0.05) is 44.9 Å². The van der Waals surface area contributed by atoms with Crippen LogP contribution in [0.4, 0.5) is 5.69 Å². The van der Waals surface area contributed by atoms with Crippen molar-refractivity contribution in [1.82, 2.24) is 0 Å². The number of hydrogen-bond acceptors (Lipinski definition) is 1. The van der Waals surface area contributed by atoms with Gasteiger partial charge in [0.1, 0.15) is 0 Å². The first-order valence-corrected chi connectivity index (χ1v) is 6.69. The van der Waals surface area contributed by atoms with E-state index in [-0.39, 0.29) is 0 Å². The molecule has 1 heteroatoms. The molecule has 0 bridgehead atoms. The zero-order valence-corrected chi connectivity index (χ0v) is 10.6. The van der Waals surface area contributed by atoms with Crippen molar-refractivity contribution < 1.29 is 0 Å². The van der Waals surface area contributed by atoms with Crippen molar-refractivity contribution in [3.8, 4) is 0 Å². The predicted molar refractivity (Wildman–Crippen MR) is 71.0 cm³/mol. The number of nitrogens with one attached hydrogen (secondary N) is 1. The summed E-state index contributed by atoms with van der Waals surface area (Å²) in [6.07, 6.45) is 6.36. The highest BCUT2D eigenvalue weighted by Crippen LogP contribution is 2.30. The number of hydrogen-bond donors (Lipinski definition) is 1. The summed E-state index contributed by atoms with van der Waals surface area (Å²) < 4.78 is 0. The summed E-state index contributed by atoms with van der Waals surface area (Å²) in [5, 5.41) is 3.65. The summed E-state index contributed by atoms with van der Waals surface area (Å²) in [4.78, 5) is 0. The molecule has 1 nitrogen and oxygen atoms in total. The first kappa shape index (κ1) is 11.5. The maximum absolute atomic E-state index is 3.65. The average Bonchev–Trinajstić information content (AvgIpc) is 2.30. The lowest BCUT2D eigenvalue weighted by atomic mass is 9.88. The molecule has 0 fully saturated rings. The number of para-hydroxylation sites is 1. The molecule has 0 aliphatic carbocycles. The van der Waals surface area contributed by atoms with Crippen LogP contribution in [0.1, 0.15) is 44.2 Å². The molecule has 1 aromatic rings. The van der Waals surface area contributed by atoms with E-state index in [1.165, 1.54) is 55.5 Å². The maximum Gasteiger partial charge on any atom is 0.0405 e. The normalized spacial score (nSPS) is 19.0. The Morgan fingerprint density at radius 2 is 2.12 bits per heavy atom. The molecule has 1 unspecified atom stereocenters. The van der Waals surface area contributed by atoms with Gasteiger partial charge in [0.05, 0.1) is 0 Å². The lowest BCUT2D eigenvalue weighted by Crippen LogP contribution is -2.23.